The zero-order chi connectivity index (χ0) is 17.9. The van der Waals surface area contributed by atoms with Crippen molar-refractivity contribution < 1.29 is 0 Å². The van der Waals surface area contributed by atoms with Crippen molar-refractivity contribution in [2.45, 2.75) is 13.3 Å². The maximum absolute atomic E-state index is 4.39. The molecule has 26 heavy (non-hydrogen) atoms. The predicted molar refractivity (Wildman–Crippen MR) is 109 cm³/mol. The monoisotopic (exact) mass is 404 g/mol. The highest BCUT2D eigenvalue weighted by Crippen LogP contribution is 2.26. The summed E-state index contributed by atoms with van der Waals surface area (Å²) in [6.07, 6.45) is 4.39. The minimum absolute atomic E-state index is 0.798. The van der Waals surface area contributed by atoms with E-state index in [0.717, 1.165) is 39.0 Å². The van der Waals surface area contributed by atoms with Gasteiger partial charge in [-0.25, -0.2) is 9.97 Å². The highest BCUT2D eigenvalue weighted by atomic mass is 79.9. The van der Waals surface area contributed by atoms with Crippen LogP contribution in [0.2, 0.25) is 0 Å². The number of anilines is 2. The number of hydrogen-bond donors (Lipinski definition) is 1. The van der Waals surface area contributed by atoms with E-state index < -0.39 is 0 Å². The fraction of sp³-hybridized carbons (Fsp3) is 0.0952. The highest BCUT2D eigenvalue weighted by molar-refractivity contribution is 9.10. The van der Waals surface area contributed by atoms with Crippen molar-refractivity contribution in [1.29, 1.82) is 0 Å². The molecule has 2 aromatic heterocycles. The summed E-state index contributed by atoms with van der Waals surface area (Å²) in [7, 11) is 0. The number of hydrogen-bond acceptors (Lipinski definition) is 4. The lowest BCUT2D eigenvalue weighted by molar-refractivity contribution is 1.11. The van der Waals surface area contributed by atoms with Crippen molar-refractivity contribution in [3.8, 4) is 0 Å². The van der Waals surface area contributed by atoms with Crippen LogP contribution in [0.3, 0.4) is 0 Å². The average Bonchev–Trinajstić information content (AvgIpc) is 2.66. The normalized spacial score (nSPS) is 10.8. The van der Waals surface area contributed by atoms with Crippen LogP contribution in [-0.4, -0.2) is 15.0 Å². The van der Waals surface area contributed by atoms with Gasteiger partial charge in [0.05, 0.1) is 5.52 Å². The Morgan fingerprint density at radius 1 is 0.885 bits per heavy atom. The minimum atomic E-state index is 0.798. The molecule has 5 heteroatoms. The predicted octanol–water partition coefficient (Wildman–Crippen LogP) is 5.43. The van der Waals surface area contributed by atoms with Crippen molar-refractivity contribution in [3.63, 3.8) is 0 Å². The molecule has 2 heterocycles. The molecule has 0 saturated carbocycles. The van der Waals surface area contributed by atoms with E-state index >= 15 is 0 Å². The molecule has 4 rings (SSSR count). The fourth-order valence-corrected chi connectivity index (χ4v) is 3.17. The van der Waals surface area contributed by atoms with Gasteiger partial charge >= 0.3 is 0 Å². The molecule has 0 aliphatic rings. The van der Waals surface area contributed by atoms with Crippen LogP contribution in [0, 0.1) is 6.92 Å². The van der Waals surface area contributed by atoms with Gasteiger partial charge in [-0.15, -0.1) is 0 Å². The Morgan fingerprint density at radius 2 is 1.69 bits per heavy atom. The molecular formula is C21H17BrN4. The Morgan fingerprint density at radius 3 is 2.46 bits per heavy atom. The smallest absolute Gasteiger partial charge is 0.141 e. The van der Waals surface area contributed by atoms with Crippen molar-refractivity contribution in [1.82, 2.24) is 15.0 Å². The van der Waals surface area contributed by atoms with E-state index in [1.165, 1.54) is 11.1 Å². The van der Waals surface area contributed by atoms with Gasteiger partial charge in [0.2, 0.25) is 0 Å². The maximum atomic E-state index is 4.39. The lowest BCUT2D eigenvalue weighted by Crippen LogP contribution is -1.96. The largest absolute Gasteiger partial charge is 0.340 e. The SMILES string of the molecule is Cc1ccc(Cc2ccc(Nc3ncnc4ccc(Br)cc34)cc2)cn1. The second kappa shape index (κ2) is 7.22. The molecule has 0 saturated heterocycles. The van der Waals surface area contributed by atoms with Gasteiger partial charge in [0.25, 0.3) is 0 Å². The molecule has 1 N–H and O–H groups in total. The number of halogens is 1. The van der Waals surface area contributed by atoms with Crippen molar-refractivity contribution in [2.24, 2.45) is 0 Å². The molecule has 0 unspecified atom stereocenters. The first-order valence-corrected chi connectivity index (χ1v) is 9.14. The van der Waals surface area contributed by atoms with Crippen LogP contribution in [0.25, 0.3) is 10.9 Å². The molecule has 0 atom stereocenters. The molecule has 0 aliphatic heterocycles. The lowest BCUT2D eigenvalue weighted by Gasteiger charge is -2.09. The Bertz CT molecular complexity index is 1040. The number of aryl methyl sites for hydroxylation is 1. The molecule has 0 amide bonds. The summed E-state index contributed by atoms with van der Waals surface area (Å²) in [4.78, 5) is 13.1. The third-order valence-corrected chi connectivity index (χ3v) is 4.69. The Kier molecular flexibility index (Phi) is 4.63. The molecule has 2 aromatic carbocycles. The second-order valence-corrected chi connectivity index (χ2v) is 7.11. The van der Waals surface area contributed by atoms with Crippen LogP contribution in [0.1, 0.15) is 16.8 Å². The van der Waals surface area contributed by atoms with Gasteiger partial charge in [-0.2, -0.15) is 0 Å². The Balaban J connectivity index is 1.54. The standard InChI is InChI=1S/C21H17BrN4/c1-14-2-3-16(12-23-14)10-15-4-7-18(8-5-15)26-21-19-11-17(22)6-9-20(19)24-13-25-21/h2-9,11-13H,10H2,1H3,(H,24,25,26). The van der Waals surface area contributed by atoms with E-state index in [9.17, 15) is 0 Å². The van der Waals surface area contributed by atoms with Crippen molar-refractivity contribution in [2.75, 3.05) is 5.32 Å². The van der Waals surface area contributed by atoms with Crippen molar-refractivity contribution in [3.05, 3.63) is 88.4 Å². The Hall–Kier alpha value is -2.79. The zero-order valence-electron chi connectivity index (χ0n) is 14.3. The molecule has 0 radical (unpaired) electrons. The van der Waals surface area contributed by atoms with Crippen LogP contribution >= 0.6 is 15.9 Å². The summed E-state index contributed by atoms with van der Waals surface area (Å²) < 4.78 is 1.00. The zero-order valence-corrected chi connectivity index (χ0v) is 15.9. The van der Waals surface area contributed by atoms with E-state index in [2.05, 4.69) is 66.5 Å². The summed E-state index contributed by atoms with van der Waals surface area (Å²) in [5, 5.41) is 4.37. The molecule has 0 aliphatic carbocycles. The van der Waals surface area contributed by atoms with Gasteiger partial charge in [0.15, 0.2) is 0 Å². The first kappa shape index (κ1) is 16.7. The topological polar surface area (TPSA) is 50.7 Å². The lowest BCUT2D eigenvalue weighted by atomic mass is 10.1. The summed E-state index contributed by atoms with van der Waals surface area (Å²) in [6.45, 7) is 2.00. The van der Waals surface area contributed by atoms with Crippen LogP contribution in [-0.2, 0) is 6.42 Å². The van der Waals surface area contributed by atoms with Gasteiger partial charge in [0, 0.05) is 27.4 Å². The van der Waals surface area contributed by atoms with Crippen LogP contribution < -0.4 is 5.32 Å². The summed E-state index contributed by atoms with van der Waals surface area (Å²) in [6, 6.07) is 18.5. The second-order valence-electron chi connectivity index (χ2n) is 6.19. The van der Waals surface area contributed by atoms with Crippen molar-refractivity contribution >= 4 is 38.3 Å². The number of benzene rings is 2. The third kappa shape index (κ3) is 3.73. The van der Waals surface area contributed by atoms with Gasteiger partial charge in [-0.1, -0.05) is 34.1 Å². The molecular weight excluding hydrogens is 388 g/mol. The van der Waals surface area contributed by atoms with E-state index in [1.807, 2.05) is 37.4 Å². The molecule has 4 nitrogen and oxygen atoms in total. The number of fused-ring (bicyclic) bond motifs is 1. The Labute approximate surface area is 160 Å². The van der Waals surface area contributed by atoms with Crippen LogP contribution in [0.4, 0.5) is 11.5 Å². The quantitative estimate of drug-likeness (QED) is 0.492. The first-order chi connectivity index (χ1) is 12.7. The number of aromatic nitrogens is 3. The summed E-state index contributed by atoms with van der Waals surface area (Å²) in [5.74, 6) is 0.798. The summed E-state index contributed by atoms with van der Waals surface area (Å²) >= 11 is 3.51. The van der Waals surface area contributed by atoms with Crippen LogP contribution in [0.15, 0.2) is 71.6 Å². The minimum Gasteiger partial charge on any atom is -0.340 e. The summed E-state index contributed by atoms with van der Waals surface area (Å²) in [5.41, 5.74) is 5.40. The number of pyridine rings is 1. The van der Waals surface area contributed by atoms with E-state index in [-0.39, 0.29) is 0 Å². The number of rotatable bonds is 4. The molecule has 0 bridgehead atoms. The number of nitrogens with one attached hydrogen (secondary N) is 1. The van der Waals surface area contributed by atoms with Gasteiger partial charge in [0.1, 0.15) is 12.1 Å². The molecule has 128 valence electrons. The van der Waals surface area contributed by atoms with E-state index in [1.54, 1.807) is 6.33 Å². The van der Waals surface area contributed by atoms with Crippen LogP contribution in [0.5, 0.6) is 0 Å². The fourth-order valence-electron chi connectivity index (χ4n) is 2.81. The van der Waals surface area contributed by atoms with Gasteiger partial charge in [-0.05, 0) is 60.9 Å². The number of nitrogens with zero attached hydrogens (tertiary/aromatic N) is 3. The average molecular weight is 405 g/mol. The van der Waals surface area contributed by atoms with E-state index in [4.69, 9.17) is 0 Å². The molecule has 0 spiro atoms. The van der Waals surface area contributed by atoms with Gasteiger partial charge in [-0.3, -0.25) is 4.98 Å². The maximum Gasteiger partial charge on any atom is 0.141 e. The highest BCUT2D eigenvalue weighted by Gasteiger charge is 2.05. The first-order valence-electron chi connectivity index (χ1n) is 8.35. The van der Waals surface area contributed by atoms with Gasteiger partial charge < -0.3 is 5.32 Å². The third-order valence-electron chi connectivity index (χ3n) is 4.19. The molecule has 0 fully saturated rings. The van der Waals surface area contributed by atoms with E-state index in [0.29, 0.717) is 0 Å². The molecule has 4 aromatic rings.